The number of nitrogens with two attached hydrogens (primary N) is 1. The van der Waals surface area contributed by atoms with E-state index in [0.29, 0.717) is 12.1 Å². The molecule has 102 valence electrons. The van der Waals surface area contributed by atoms with Crippen molar-refractivity contribution in [3.8, 4) is 0 Å². The molecule has 1 atom stereocenters. The first kappa shape index (κ1) is 15.0. The molecule has 18 heavy (non-hydrogen) atoms. The van der Waals surface area contributed by atoms with Crippen LogP contribution in [-0.2, 0) is 10.0 Å². The van der Waals surface area contributed by atoms with Crippen molar-refractivity contribution in [3.63, 3.8) is 0 Å². The Kier molecular flexibility index (Phi) is 5.16. The van der Waals surface area contributed by atoms with Crippen LogP contribution in [0.25, 0.3) is 0 Å². The fourth-order valence-corrected chi connectivity index (χ4v) is 3.19. The first-order valence-electron chi connectivity index (χ1n) is 6.23. The third-order valence-electron chi connectivity index (χ3n) is 2.99. The van der Waals surface area contributed by atoms with E-state index < -0.39 is 15.3 Å². The highest BCUT2D eigenvalue weighted by Crippen LogP contribution is 2.25. The molecule has 0 aromatic heterocycles. The van der Waals surface area contributed by atoms with Crippen LogP contribution in [0.15, 0.2) is 24.3 Å². The van der Waals surface area contributed by atoms with E-state index in [0.717, 1.165) is 5.56 Å². The van der Waals surface area contributed by atoms with E-state index in [9.17, 15) is 8.42 Å². The molecule has 0 radical (unpaired) electrons. The first-order chi connectivity index (χ1) is 8.42. The Hall–Kier alpha value is -1.07. The Labute approximate surface area is 110 Å². The Bertz CT molecular complexity index is 480. The van der Waals surface area contributed by atoms with Crippen LogP contribution in [0.4, 0.5) is 5.69 Å². The summed E-state index contributed by atoms with van der Waals surface area (Å²) < 4.78 is 27.0. The molecular weight excluding hydrogens is 248 g/mol. The van der Waals surface area contributed by atoms with Crippen LogP contribution in [0, 0.1) is 0 Å². The molecule has 0 fully saturated rings. The van der Waals surface area contributed by atoms with E-state index in [2.05, 4.69) is 4.72 Å². The largest absolute Gasteiger partial charge is 0.329 e. The third kappa shape index (κ3) is 3.46. The van der Waals surface area contributed by atoms with Gasteiger partial charge in [-0.3, -0.25) is 4.72 Å². The van der Waals surface area contributed by atoms with Crippen LogP contribution in [0.2, 0.25) is 0 Å². The molecule has 1 rings (SSSR count). The molecule has 0 aliphatic rings. The lowest BCUT2D eigenvalue weighted by Gasteiger charge is -2.18. The zero-order valence-corrected chi connectivity index (χ0v) is 12.0. The Morgan fingerprint density at radius 2 is 1.89 bits per heavy atom. The van der Waals surface area contributed by atoms with Gasteiger partial charge in [-0.1, -0.05) is 39.0 Å². The summed E-state index contributed by atoms with van der Waals surface area (Å²) in [6.45, 7) is 6.03. The van der Waals surface area contributed by atoms with Crippen molar-refractivity contribution >= 4 is 15.7 Å². The standard InChI is InChI=1S/C13H22N2O2S/c1-4-11(9-14)18(16,17)15-13-8-6-5-7-12(13)10(2)3/h5-8,10-11,15H,4,9,14H2,1-3H3. The maximum absolute atomic E-state index is 12.1. The highest BCUT2D eigenvalue weighted by Gasteiger charge is 2.23. The molecule has 0 bridgehead atoms. The molecule has 0 saturated carbocycles. The van der Waals surface area contributed by atoms with Gasteiger partial charge >= 0.3 is 0 Å². The van der Waals surface area contributed by atoms with Crippen molar-refractivity contribution in [2.24, 2.45) is 5.73 Å². The van der Waals surface area contributed by atoms with Gasteiger partial charge in [0.25, 0.3) is 0 Å². The van der Waals surface area contributed by atoms with Gasteiger partial charge in [0.05, 0.1) is 10.9 Å². The van der Waals surface area contributed by atoms with E-state index in [1.54, 1.807) is 6.07 Å². The van der Waals surface area contributed by atoms with Gasteiger partial charge in [0, 0.05) is 6.54 Å². The fraction of sp³-hybridized carbons (Fsp3) is 0.538. The topological polar surface area (TPSA) is 72.2 Å². The second-order valence-corrected chi connectivity index (χ2v) is 6.62. The van der Waals surface area contributed by atoms with E-state index in [-0.39, 0.29) is 12.5 Å². The van der Waals surface area contributed by atoms with Gasteiger partial charge in [0.2, 0.25) is 10.0 Å². The molecule has 1 aromatic carbocycles. The molecular formula is C13H22N2O2S. The molecule has 0 spiro atoms. The second-order valence-electron chi connectivity index (χ2n) is 4.65. The molecule has 1 unspecified atom stereocenters. The van der Waals surface area contributed by atoms with Crippen LogP contribution in [0.3, 0.4) is 0 Å². The number of para-hydroxylation sites is 1. The van der Waals surface area contributed by atoms with E-state index in [1.165, 1.54) is 0 Å². The van der Waals surface area contributed by atoms with Crippen molar-refractivity contribution in [1.82, 2.24) is 0 Å². The fourth-order valence-electron chi connectivity index (χ4n) is 1.84. The van der Waals surface area contributed by atoms with Crippen molar-refractivity contribution in [1.29, 1.82) is 0 Å². The molecule has 1 aromatic rings. The van der Waals surface area contributed by atoms with E-state index in [4.69, 9.17) is 5.73 Å². The average Bonchev–Trinajstić information content (AvgIpc) is 2.29. The minimum Gasteiger partial charge on any atom is -0.329 e. The lowest BCUT2D eigenvalue weighted by molar-refractivity contribution is 0.581. The number of benzene rings is 1. The smallest absolute Gasteiger partial charge is 0.236 e. The van der Waals surface area contributed by atoms with E-state index in [1.807, 2.05) is 39.0 Å². The quantitative estimate of drug-likeness (QED) is 0.833. The molecule has 0 amide bonds. The normalized spacial score (nSPS) is 13.6. The summed E-state index contributed by atoms with van der Waals surface area (Å²) in [6.07, 6.45) is 0.510. The summed E-state index contributed by atoms with van der Waals surface area (Å²) in [5.41, 5.74) is 7.15. The van der Waals surface area contributed by atoms with Gasteiger partial charge < -0.3 is 5.73 Å². The number of sulfonamides is 1. The number of anilines is 1. The van der Waals surface area contributed by atoms with Crippen LogP contribution in [0.5, 0.6) is 0 Å². The summed E-state index contributed by atoms with van der Waals surface area (Å²) in [5, 5.41) is -0.544. The van der Waals surface area contributed by atoms with Gasteiger partial charge in [-0.05, 0) is 24.0 Å². The molecule has 0 heterocycles. The van der Waals surface area contributed by atoms with Crippen molar-refractivity contribution in [2.75, 3.05) is 11.3 Å². The molecule has 4 nitrogen and oxygen atoms in total. The van der Waals surface area contributed by atoms with Gasteiger partial charge in [-0.2, -0.15) is 0 Å². The van der Waals surface area contributed by atoms with Gasteiger partial charge in [-0.25, -0.2) is 8.42 Å². The summed E-state index contributed by atoms with van der Waals surface area (Å²) in [7, 11) is -3.41. The highest BCUT2D eigenvalue weighted by atomic mass is 32.2. The molecule has 3 N–H and O–H groups in total. The molecule has 0 saturated heterocycles. The van der Waals surface area contributed by atoms with Gasteiger partial charge in [0.1, 0.15) is 0 Å². The van der Waals surface area contributed by atoms with Gasteiger partial charge in [-0.15, -0.1) is 0 Å². The van der Waals surface area contributed by atoms with Crippen LogP contribution in [-0.4, -0.2) is 20.2 Å². The number of hydrogen-bond donors (Lipinski definition) is 2. The highest BCUT2D eigenvalue weighted by molar-refractivity contribution is 7.93. The van der Waals surface area contributed by atoms with Crippen molar-refractivity contribution < 1.29 is 8.42 Å². The van der Waals surface area contributed by atoms with Crippen LogP contribution < -0.4 is 10.5 Å². The van der Waals surface area contributed by atoms with Crippen molar-refractivity contribution in [3.05, 3.63) is 29.8 Å². The summed E-state index contributed by atoms with van der Waals surface area (Å²) >= 11 is 0. The number of rotatable bonds is 6. The lowest BCUT2D eigenvalue weighted by atomic mass is 10.0. The molecule has 0 aliphatic carbocycles. The zero-order chi connectivity index (χ0) is 13.8. The zero-order valence-electron chi connectivity index (χ0n) is 11.2. The minimum atomic E-state index is -3.41. The summed E-state index contributed by atoms with van der Waals surface area (Å²) in [4.78, 5) is 0. The average molecular weight is 270 g/mol. The van der Waals surface area contributed by atoms with Gasteiger partial charge in [0.15, 0.2) is 0 Å². The predicted octanol–water partition coefficient (Wildman–Crippen LogP) is 2.29. The molecule has 5 heteroatoms. The Morgan fingerprint density at radius 1 is 1.28 bits per heavy atom. The minimum absolute atomic E-state index is 0.135. The summed E-state index contributed by atoms with van der Waals surface area (Å²) in [6, 6.07) is 7.46. The summed E-state index contributed by atoms with van der Waals surface area (Å²) in [5.74, 6) is 0.266. The van der Waals surface area contributed by atoms with E-state index >= 15 is 0 Å². The number of nitrogens with one attached hydrogen (secondary N) is 1. The lowest BCUT2D eigenvalue weighted by Crippen LogP contribution is -2.34. The third-order valence-corrected chi connectivity index (χ3v) is 4.90. The predicted molar refractivity (Wildman–Crippen MR) is 76.2 cm³/mol. The first-order valence-corrected chi connectivity index (χ1v) is 7.77. The number of hydrogen-bond acceptors (Lipinski definition) is 3. The Balaban J connectivity index is 3.04. The van der Waals surface area contributed by atoms with Crippen LogP contribution >= 0.6 is 0 Å². The SMILES string of the molecule is CCC(CN)S(=O)(=O)Nc1ccccc1C(C)C. The Morgan fingerprint density at radius 3 is 2.39 bits per heavy atom. The monoisotopic (exact) mass is 270 g/mol. The second kappa shape index (κ2) is 6.20. The van der Waals surface area contributed by atoms with Crippen LogP contribution in [0.1, 0.15) is 38.7 Å². The van der Waals surface area contributed by atoms with Crippen molar-refractivity contribution in [2.45, 2.75) is 38.4 Å². The maximum Gasteiger partial charge on any atom is 0.236 e. The molecule has 0 aliphatic heterocycles. The maximum atomic E-state index is 12.1.